The molecule has 0 aromatic carbocycles. The molecule has 1 nitrogen and oxygen atoms in total. The van der Waals surface area contributed by atoms with E-state index in [1.807, 2.05) is 6.07 Å². The number of unbranched alkanes of at least 4 members (excludes halogenated alkanes) is 1. The first kappa shape index (κ1) is 8.57. The van der Waals surface area contributed by atoms with Crippen molar-refractivity contribution in [3.05, 3.63) is 0 Å². The average Bonchev–Trinajstić information content (AvgIpc) is 1.63. The van der Waals surface area contributed by atoms with E-state index in [9.17, 15) is 8.78 Å². The summed E-state index contributed by atoms with van der Waals surface area (Å²) in [6.07, 6.45) is 0.456. The van der Waals surface area contributed by atoms with Crippen molar-refractivity contribution in [3.63, 3.8) is 0 Å². The first-order valence-electron chi connectivity index (χ1n) is 2.81. The molecular formula is C5H9F2NSi. The third-order valence-electron chi connectivity index (χ3n) is 0.904. The van der Waals surface area contributed by atoms with Crippen molar-refractivity contribution >= 4 is 10.2 Å². The molecule has 0 unspecified atom stereocenters. The maximum Gasteiger partial charge on any atom is 0.219 e. The van der Waals surface area contributed by atoms with Crippen molar-refractivity contribution < 1.29 is 8.78 Å². The molecule has 0 amide bonds. The largest absolute Gasteiger partial charge is 0.219 e. The molecule has 0 fully saturated rings. The summed E-state index contributed by atoms with van der Waals surface area (Å²) in [6.45, 7) is 0. The molecule has 0 bridgehead atoms. The molecule has 0 radical (unpaired) electrons. The van der Waals surface area contributed by atoms with E-state index in [2.05, 4.69) is 0 Å². The Morgan fingerprint density at radius 3 is 2.44 bits per heavy atom. The zero-order chi connectivity index (χ0) is 7.33. The van der Waals surface area contributed by atoms with E-state index >= 15 is 0 Å². The number of nitrogens with zero attached hydrogens (tertiary/aromatic N) is 1. The summed E-state index contributed by atoms with van der Waals surface area (Å²) in [6, 6.07) is 1.82. The van der Waals surface area contributed by atoms with Crippen LogP contribution in [0.25, 0.3) is 0 Å². The molecule has 52 valence electrons. The van der Waals surface area contributed by atoms with Crippen molar-refractivity contribution in [1.82, 2.24) is 0 Å². The van der Waals surface area contributed by atoms with Crippen LogP contribution < -0.4 is 0 Å². The van der Waals surface area contributed by atoms with Gasteiger partial charge in [0.25, 0.3) is 0 Å². The molecule has 4 heteroatoms. The molecule has 0 aliphatic carbocycles. The molecule has 0 heterocycles. The second-order valence-corrected chi connectivity index (χ2v) is 3.54. The van der Waals surface area contributed by atoms with Crippen LogP contribution in [0.2, 0.25) is 0 Å². The minimum Gasteiger partial charge on any atom is -0.213 e. The molecular weight excluding hydrogens is 140 g/mol. The van der Waals surface area contributed by atoms with E-state index in [1.165, 1.54) is 0 Å². The summed E-state index contributed by atoms with van der Waals surface area (Å²) in [5, 5.41) is 7.98. The number of hydrogen-bond acceptors (Lipinski definition) is 1. The van der Waals surface area contributed by atoms with Crippen molar-refractivity contribution in [1.29, 1.82) is 5.26 Å². The second kappa shape index (κ2) is 3.57. The van der Waals surface area contributed by atoms with Gasteiger partial charge < -0.3 is 0 Å². The minimum atomic E-state index is -2.46. The third-order valence-corrected chi connectivity index (χ3v) is 1.40. The Labute approximate surface area is 56.1 Å². The van der Waals surface area contributed by atoms with E-state index in [0.29, 0.717) is 6.42 Å². The zero-order valence-electron chi connectivity index (χ0n) is 5.32. The van der Waals surface area contributed by atoms with Crippen LogP contribution >= 0.6 is 0 Å². The summed E-state index contributed by atoms with van der Waals surface area (Å²) in [7, 11) is -0.0979. The maximum atomic E-state index is 12.0. The fourth-order valence-corrected chi connectivity index (χ4v) is 0.831. The van der Waals surface area contributed by atoms with Crippen LogP contribution in [-0.4, -0.2) is 15.8 Å². The van der Waals surface area contributed by atoms with E-state index in [-0.39, 0.29) is 23.1 Å². The van der Waals surface area contributed by atoms with Gasteiger partial charge in [-0.15, -0.1) is 0 Å². The Balaban J connectivity index is 3.20. The molecule has 0 N–H and O–H groups in total. The summed E-state index contributed by atoms with van der Waals surface area (Å²) in [5.41, 5.74) is -2.46. The maximum absolute atomic E-state index is 12.0. The Morgan fingerprint density at radius 1 is 1.56 bits per heavy atom. The van der Waals surface area contributed by atoms with Crippen LogP contribution in [-0.2, 0) is 0 Å². The topological polar surface area (TPSA) is 23.8 Å². The molecule has 0 saturated carbocycles. The molecule has 0 rings (SSSR count). The van der Waals surface area contributed by atoms with Gasteiger partial charge in [0.05, 0.1) is 16.3 Å². The highest BCUT2D eigenvalue weighted by Crippen LogP contribution is 2.15. The van der Waals surface area contributed by atoms with Gasteiger partial charge in [-0.1, -0.05) is 0 Å². The van der Waals surface area contributed by atoms with Gasteiger partial charge >= 0.3 is 0 Å². The predicted octanol–water partition coefficient (Wildman–Crippen LogP) is 0.638. The predicted molar refractivity (Wildman–Crippen MR) is 34.3 cm³/mol. The fourth-order valence-electron chi connectivity index (χ4n) is 0.478. The Hall–Kier alpha value is -0.433. The molecule has 0 aliphatic rings. The zero-order valence-corrected chi connectivity index (χ0v) is 7.32. The van der Waals surface area contributed by atoms with Crippen molar-refractivity contribution in [2.45, 2.75) is 24.8 Å². The molecule has 0 atom stereocenters. The molecule has 9 heavy (non-hydrogen) atoms. The monoisotopic (exact) mass is 149 g/mol. The first-order valence-corrected chi connectivity index (χ1v) is 3.81. The molecule has 0 spiro atoms. The molecule has 0 aromatic rings. The Morgan fingerprint density at radius 2 is 2.11 bits per heavy atom. The van der Waals surface area contributed by atoms with Crippen molar-refractivity contribution in [2.75, 3.05) is 0 Å². The SMILES string of the molecule is N#CCCCC(F)(F)[SiH3]. The smallest absolute Gasteiger partial charge is 0.213 e. The lowest BCUT2D eigenvalue weighted by atomic mass is 10.2. The lowest BCUT2D eigenvalue weighted by molar-refractivity contribution is 0.0833. The highest BCUT2D eigenvalue weighted by atomic mass is 28.1. The fraction of sp³-hybridized carbons (Fsp3) is 0.800. The van der Waals surface area contributed by atoms with Crippen LogP contribution in [0.15, 0.2) is 0 Å². The summed E-state index contributed by atoms with van der Waals surface area (Å²) in [4.78, 5) is 0. The van der Waals surface area contributed by atoms with Crippen LogP contribution in [0.4, 0.5) is 8.78 Å². The molecule has 0 aliphatic heterocycles. The minimum absolute atomic E-state index is 0.0979. The standard InChI is InChI=1S/C5H9F2NSi/c6-5(7,9)3-1-2-4-8/h1-3H2,9H3. The second-order valence-electron chi connectivity index (χ2n) is 2.08. The normalized spacial score (nSPS) is 11.2. The molecule has 0 aromatic heterocycles. The number of hydrogen-bond donors (Lipinski definition) is 0. The first-order chi connectivity index (χ1) is 4.06. The molecule has 0 saturated heterocycles. The van der Waals surface area contributed by atoms with Gasteiger partial charge in [0, 0.05) is 12.8 Å². The summed E-state index contributed by atoms with van der Waals surface area (Å²) in [5.74, 6) is 0. The summed E-state index contributed by atoms with van der Waals surface area (Å²) >= 11 is 0. The van der Waals surface area contributed by atoms with E-state index < -0.39 is 5.55 Å². The van der Waals surface area contributed by atoms with E-state index in [4.69, 9.17) is 5.26 Å². The van der Waals surface area contributed by atoms with Crippen LogP contribution in [0.5, 0.6) is 0 Å². The quantitative estimate of drug-likeness (QED) is 0.426. The number of nitriles is 1. The van der Waals surface area contributed by atoms with Gasteiger partial charge in [-0.3, -0.25) is 0 Å². The van der Waals surface area contributed by atoms with Gasteiger partial charge in [0.1, 0.15) is 0 Å². The summed E-state index contributed by atoms with van der Waals surface area (Å²) < 4.78 is 24.0. The third kappa shape index (κ3) is 7.57. The van der Waals surface area contributed by atoms with Crippen molar-refractivity contribution in [2.24, 2.45) is 0 Å². The Bertz CT molecular complexity index is 113. The van der Waals surface area contributed by atoms with Gasteiger partial charge in [-0.25, -0.2) is 8.78 Å². The number of alkyl halides is 2. The number of halogens is 2. The lowest BCUT2D eigenvalue weighted by Gasteiger charge is -2.06. The van der Waals surface area contributed by atoms with E-state index in [1.54, 1.807) is 0 Å². The van der Waals surface area contributed by atoms with Gasteiger partial charge in [0.2, 0.25) is 5.55 Å². The highest BCUT2D eigenvalue weighted by Gasteiger charge is 2.18. The Kier molecular flexibility index (Phi) is 3.39. The average molecular weight is 149 g/mol. The van der Waals surface area contributed by atoms with Gasteiger partial charge in [0.15, 0.2) is 0 Å². The van der Waals surface area contributed by atoms with Gasteiger partial charge in [-0.2, -0.15) is 5.26 Å². The van der Waals surface area contributed by atoms with Crippen LogP contribution in [0.3, 0.4) is 0 Å². The van der Waals surface area contributed by atoms with Crippen LogP contribution in [0.1, 0.15) is 19.3 Å². The van der Waals surface area contributed by atoms with Gasteiger partial charge in [-0.05, 0) is 6.42 Å². The number of rotatable bonds is 3. The lowest BCUT2D eigenvalue weighted by Crippen LogP contribution is -2.14. The van der Waals surface area contributed by atoms with E-state index in [0.717, 1.165) is 0 Å². The van der Waals surface area contributed by atoms with Crippen molar-refractivity contribution in [3.8, 4) is 6.07 Å². The van der Waals surface area contributed by atoms with Crippen LogP contribution in [0, 0.1) is 11.3 Å². The highest BCUT2D eigenvalue weighted by molar-refractivity contribution is 6.13.